The molecule has 4 heterocycles. The van der Waals surface area contributed by atoms with Gasteiger partial charge in [0, 0.05) is 66.6 Å². The molecule has 1 aliphatic rings. The summed E-state index contributed by atoms with van der Waals surface area (Å²) in [6.07, 6.45) is 6.64. The molecular weight excluding hydrogens is 829 g/mol. The smallest absolute Gasteiger partial charge is 0.164 e. The van der Waals surface area contributed by atoms with Gasteiger partial charge in [0.05, 0.1) is 27.9 Å². The molecule has 0 unspecified atom stereocenters. The van der Waals surface area contributed by atoms with Crippen LogP contribution in [0.1, 0.15) is 17.7 Å². The molecule has 6 heteroatoms. The first-order chi connectivity index (χ1) is 33.7. The van der Waals surface area contributed by atoms with E-state index < -0.39 is 0 Å². The van der Waals surface area contributed by atoms with Crippen LogP contribution in [0, 0.1) is 0 Å². The van der Waals surface area contributed by atoms with Crippen LogP contribution >= 0.6 is 0 Å². The van der Waals surface area contributed by atoms with Gasteiger partial charge >= 0.3 is 0 Å². The lowest BCUT2D eigenvalue weighted by molar-refractivity contribution is 0.888. The monoisotopic (exact) mass is 870 g/mol. The van der Waals surface area contributed by atoms with E-state index >= 15 is 0 Å². The molecule has 0 bridgehead atoms. The maximum absolute atomic E-state index is 5.13. The maximum Gasteiger partial charge on any atom is 0.164 e. The van der Waals surface area contributed by atoms with E-state index in [1.165, 1.54) is 38.4 Å². The van der Waals surface area contributed by atoms with E-state index in [1.54, 1.807) is 0 Å². The average molecular weight is 871 g/mol. The number of nitrogens with zero attached hydrogens (tertiary/aromatic N) is 6. The van der Waals surface area contributed by atoms with Crippen LogP contribution in [-0.2, 0) is 6.42 Å². The molecule has 13 rings (SSSR count). The molecule has 0 aliphatic heterocycles. The molecule has 0 fully saturated rings. The van der Waals surface area contributed by atoms with Crippen LogP contribution in [0.5, 0.6) is 0 Å². The van der Waals surface area contributed by atoms with Gasteiger partial charge in [0.1, 0.15) is 0 Å². The van der Waals surface area contributed by atoms with E-state index in [9.17, 15) is 0 Å². The number of allylic oxidation sites excluding steroid dienone is 1. The van der Waals surface area contributed by atoms with Crippen LogP contribution in [0.2, 0.25) is 0 Å². The van der Waals surface area contributed by atoms with Gasteiger partial charge in [-0.3, -0.25) is 0 Å². The van der Waals surface area contributed by atoms with Crippen molar-refractivity contribution >= 4 is 38.8 Å². The largest absolute Gasteiger partial charge is 0.313 e. The molecule has 0 amide bonds. The van der Waals surface area contributed by atoms with Gasteiger partial charge in [0.25, 0.3) is 0 Å². The summed E-state index contributed by atoms with van der Waals surface area (Å²) in [5.74, 6) is 1.93. The maximum atomic E-state index is 5.13. The summed E-state index contributed by atoms with van der Waals surface area (Å²) in [5, 5.41) is 3.77. The number of hydrogen-bond acceptors (Lipinski definition) is 4. The number of benzene rings is 8. The van der Waals surface area contributed by atoms with Crippen molar-refractivity contribution in [1.29, 1.82) is 0 Å². The topological polar surface area (TPSA) is 61.4 Å². The molecule has 320 valence electrons. The fourth-order valence-corrected chi connectivity index (χ4v) is 10.0. The van der Waals surface area contributed by atoms with Crippen molar-refractivity contribution < 1.29 is 0 Å². The Kier molecular flexibility index (Phi) is 9.53. The number of hydrogen-bond donors (Lipinski definition) is 0. The summed E-state index contributed by atoms with van der Waals surface area (Å²) in [6.45, 7) is 0. The number of fused-ring (bicyclic) bond motifs is 7. The Labute approximate surface area is 393 Å². The molecule has 0 saturated heterocycles. The SMILES string of the molecule is C1=Cc2c(n(-c3ccc(-c4cc(-c5ccccc5)nc(-c5ccccc5)c4)cc3)c3ccc4c(c5ccccc5n4-c4ccc(-c5nc(-c6ccccc6)nc(-c6ccccc6)n5)cc4)c23)CC1. The van der Waals surface area contributed by atoms with Gasteiger partial charge in [-0.1, -0.05) is 164 Å². The van der Waals surface area contributed by atoms with Crippen molar-refractivity contribution in [2.24, 2.45) is 0 Å². The van der Waals surface area contributed by atoms with E-state index in [0.717, 1.165) is 80.1 Å². The first kappa shape index (κ1) is 39.4. The highest BCUT2D eigenvalue weighted by molar-refractivity contribution is 6.23. The first-order valence-electron chi connectivity index (χ1n) is 23.2. The zero-order valence-electron chi connectivity index (χ0n) is 37.0. The molecular formula is C62H42N6. The predicted octanol–water partition coefficient (Wildman–Crippen LogP) is 15.3. The molecule has 0 N–H and O–H groups in total. The molecule has 68 heavy (non-hydrogen) atoms. The zero-order chi connectivity index (χ0) is 45.0. The summed E-state index contributed by atoms with van der Waals surface area (Å²) in [7, 11) is 0. The average Bonchev–Trinajstić information content (AvgIpc) is 3.94. The van der Waals surface area contributed by atoms with E-state index in [4.69, 9.17) is 19.9 Å². The molecule has 1 aliphatic carbocycles. The lowest BCUT2D eigenvalue weighted by Gasteiger charge is -2.15. The van der Waals surface area contributed by atoms with Gasteiger partial charge in [-0.15, -0.1) is 0 Å². The van der Waals surface area contributed by atoms with Gasteiger partial charge in [0.15, 0.2) is 17.5 Å². The Balaban J connectivity index is 0.918. The Bertz CT molecular complexity index is 3740. The van der Waals surface area contributed by atoms with Gasteiger partial charge < -0.3 is 9.13 Å². The van der Waals surface area contributed by atoms with E-state index in [0.29, 0.717) is 17.5 Å². The quantitative estimate of drug-likeness (QED) is 0.153. The highest BCUT2D eigenvalue weighted by Gasteiger charge is 2.24. The molecule has 8 aromatic carbocycles. The lowest BCUT2D eigenvalue weighted by Crippen LogP contribution is -2.02. The van der Waals surface area contributed by atoms with Gasteiger partial charge in [-0.25, -0.2) is 19.9 Å². The fourth-order valence-electron chi connectivity index (χ4n) is 10.0. The molecule has 6 nitrogen and oxygen atoms in total. The van der Waals surface area contributed by atoms with Crippen molar-refractivity contribution in [3.05, 3.63) is 236 Å². The minimum absolute atomic E-state index is 0.635. The van der Waals surface area contributed by atoms with E-state index in [2.05, 4.69) is 167 Å². The minimum atomic E-state index is 0.635. The summed E-state index contributed by atoms with van der Waals surface area (Å²) in [4.78, 5) is 20.0. The Morgan fingerprint density at radius 3 is 1.35 bits per heavy atom. The molecule has 0 spiro atoms. The number of para-hydroxylation sites is 1. The lowest BCUT2D eigenvalue weighted by atomic mass is 9.99. The number of pyridine rings is 1. The second-order valence-electron chi connectivity index (χ2n) is 17.3. The zero-order valence-corrected chi connectivity index (χ0v) is 37.0. The van der Waals surface area contributed by atoms with Gasteiger partial charge in [-0.05, 0) is 90.7 Å². The molecule has 0 saturated carbocycles. The highest BCUT2D eigenvalue weighted by atomic mass is 15.0. The number of aromatic nitrogens is 6. The van der Waals surface area contributed by atoms with Crippen molar-refractivity contribution in [3.8, 4) is 79.2 Å². The van der Waals surface area contributed by atoms with Gasteiger partial charge in [0.2, 0.25) is 0 Å². The predicted molar refractivity (Wildman–Crippen MR) is 279 cm³/mol. The fraction of sp³-hybridized carbons (Fsp3) is 0.0323. The Morgan fingerprint density at radius 2 is 0.794 bits per heavy atom. The normalized spacial score (nSPS) is 12.2. The summed E-state index contributed by atoms with van der Waals surface area (Å²) < 4.78 is 4.90. The summed E-state index contributed by atoms with van der Waals surface area (Å²) in [6, 6.07) is 76.8. The third-order valence-corrected chi connectivity index (χ3v) is 13.2. The van der Waals surface area contributed by atoms with E-state index in [-0.39, 0.29) is 0 Å². The second kappa shape index (κ2) is 16.5. The molecule has 4 aromatic heterocycles. The molecule has 12 aromatic rings. The third-order valence-electron chi connectivity index (χ3n) is 13.2. The van der Waals surface area contributed by atoms with Crippen LogP contribution in [0.25, 0.3) is 118 Å². The van der Waals surface area contributed by atoms with Crippen molar-refractivity contribution in [2.45, 2.75) is 12.8 Å². The van der Waals surface area contributed by atoms with Crippen LogP contribution in [0.4, 0.5) is 0 Å². The first-order valence-corrected chi connectivity index (χ1v) is 23.2. The second-order valence-corrected chi connectivity index (χ2v) is 17.3. The third kappa shape index (κ3) is 6.81. The van der Waals surface area contributed by atoms with Crippen LogP contribution in [0.15, 0.2) is 224 Å². The molecule has 0 atom stereocenters. The van der Waals surface area contributed by atoms with Crippen molar-refractivity contribution in [1.82, 2.24) is 29.1 Å². The van der Waals surface area contributed by atoms with Crippen molar-refractivity contribution in [3.63, 3.8) is 0 Å². The minimum Gasteiger partial charge on any atom is -0.313 e. The summed E-state index contributed by atoms with van der Waals surface area (Å²) >= 11 is 0. The van der Waals surface area contributed by atoms with E-state index in [1.807, 2.05) is 72.8 Å². The summed E-state index contributed by atoms with van der Waals surface area (Å²) in [5.41, 5.74) is 17.6. The number of rotatable bonds is 8. The Morgan fingerprint density at radius 1 is 0.338 bits per heavy atom. The van der Waals surface area contributed by atoms with Crippen LogP contribution < -0.4 is 0 Å². The van der Waals surface area contributed by atoms with Crippen LogP contribution in [0.3, 0.4) is 0 Å². The van der Waals surface area contributed by atoms with Crippen molar-refractivity contribution in [2.75, 3.05) is 0 Å². The highest BCUT2D eigenvalue weighted by Crippen LogP contribution is 2.43. The Hall–Kier alpha value is -9.00. The molecule has 0 radical (unpaired) electrons. The van der Waals surface area contributed by atoms with Gasteiger partial charge in [-0.2, -0.15) is 0 Å². The van der Waals surface area contributed by atoms with Crippen LogP contribution in [-0.4, -0.2) is 29.1 Å². The standard InChI is InChI=1S/C62H42N6/c1-5-17-42(18-6-1)52-39-47(40-53(63-52)43-19-7-2-8-20-43)41-29-33-48(34-30-41)67-54-27-15-13-25-50(54)58-56(67)37-38-57-59(58)51-26-14-16-28-55(51)68(57)49-35-31-46(32-36-49)62-65-60(44-21-9-3-10-22-44)64-61(66-62)45-23-11-4-12-24-45/h1-14,16-26,28-40H,15,27H2.